The van der Waals surface area contributed by atoms with Crippen LogP contribution in [0.2, 0.25) is 0 Å². The summed E-state index contributed by atoms with van der Waals surface area (Å²) in [5.41, 5.74) is 5.77. The number of nitrogens with zero attached hydrogens (tertiary/aromatic N) is 3. The molecule has 1 aliphatic rings. The van der Waals surface area contributed by atoms with Crippen LogP contribution in [0.15, 0.2) is 0 Å². The molecule has 4 heteroatoms. The van der Waals surface area contributed by atoms with E-state index in [0.29, 0.717) is 5.92 Å². The first kappa shape index (κ1) is 14.5. The molecule has 2 rings (SSSR count). The van der Waals surface area contributed by atoms with Gasteiger partial charge in [-0.25, -0.2) is 0 Å². The summed E-state index contributed by atoms with van der Waals surface area (Å²) < 4.78 is 2.34. The Morgan fingerprint density at radius 3 is 2.47 bits per heavy atom. The van der Waals surface area contributed by atoms with Crippen molar-refractivity contribution in [2.75, 3.05) is 6.54 Å². The minimum Gasteiger partial charge on any atom is -0.330 e. The van der Waals surface area contributed by atoms with Crippen molar-refractivity contribution >= 4 is 0 Å². The van der Waals surface area contributed by atoms with Crippen LogP contribution < -0.4 is 5.73 Å². The Balaban J connectivity index is 2.04. The van der Waals surface area contributed by atoms with Gasteiger partial charge >= 0.3 is 0 Å². The minimum atomic E-state index is 0.594. The molecular formula is C15H28N4. The molecule has 1 aromatic rings. The van der Waals surface area contributed by atoms with Crippen LogP contribution in [0.5, 0.6) is 0 Å². The molecule has 0 atom stereocenters. The Morgan fingerprint density at radius 2 is 1.89 bits per heavy atom. The minimum absolute atomic E-state index is 0.594. The number of nitrogens with two attached hydrogens (primary N) is 1. The summed E-state index contributed by atoms with van der Waals surface area (Å²) in [6.45, 7) is 8.51. The van der Waals surface area contributed by atoms with Crippen LogP contribution in [-0.2, 0) is 6.54 Å². The molecule has 1 aromatic heterocycles. The fourth-order valence-corrected chi connectivity index (χ4v) is 3.02. The molecule has 1 heterocycles. The van der Waals surface area contributed by atoms with Crippen LogP contribution in [0, 0.1) is 18.8 Å². The summed E-state index contributed by atoms with van der Waals surface area (Å²) in [7, 11) is 0. The van der Waals surface area contributed by atoms with Gasteiger partial charge in [0.1, 0.15) is 11.6 Å². The van der Waals surface area contributed by atoms with Gasteiger partial charge in [-0.3, -0.25) is 0 Å². The molecule has 1 fully saturated rings. The SMILES string of the molecule is Cc1nnc(C2CCC(CN)CC2)n1CCC(C)C. The van der Waals surface area contributed by atoms with E-state index in [1.165, 1.54) is 37.9 Å². The molecule has 0 aliphatic heterocycles. The zero-order valence-corrected chi connectivity index (χ0v) is 12.6. The monoisotopic (exact) mass is 264 g/mol. The van der Waals surface area contributed by atoms with Gasteiger partial charge in [-0.1, -0.05) is 13.8 Å². The molecule has 1 saturated carbocycles. The highest BCUT2D eigenvalue weighted by molar-refractivity contribution is 5.03. The largest absolute Gasteiger partial charge is 0.330 e. The lowest BCUT2D eigenvalue weighted by Crippen LogP contribution is -2.22. The number of aryl methyl sites for hydroxylation is 1. The number of rotatable bonds is 5. The second kappa shape index (κ2) is 6.51. The lowest BCUT2D eigenvalue weighted by molar-refractivity contribution is 0.318. The molecule has 0 bridgehead atoms. The number of aromatic nitrogens is 3. The van der Waals surface area contributed by atoms with Crippen molar-refractivity contribution < 1.29 is 0 Å². The summed E-state index contributed by atoms with van der Waals surface area (Å²) >= 11 is 0. The molecule has 19 heavy (non-hydrogen) atoms. The van der Waals surface area contributed by atoms with Gasteiger partial charge in [0.2, 0.25) is 0 Å². The quantitative estimate of drug-likeness (QED) is 0.889. The Hall–Kier alpha value is -0.900. The second-order valence-corrected chi connectivity index (χ2v) is 6.39. The van der Waals surface area contributed by atoms with E-state index < -0.39 is 0 Å². The van der Waals surface area contributed by atoms with Crippen molar-refractivity contribution in [3.63, 3.8) is 0 Å². The highest BCUT2D eigenvalue weighted by atomic mass is 15.3. The maximum absolute atomic E-state index is 5.77. The number of hydrogen-bond acceptors (Lipinski definition) is 3. The van der Waals surface area contributed by atoms with E-state index >= 15 is 0 Å². The molecule has 0 radical (unpaired) electrons. The van der Waals surface area contributed by atoms with Crippen LogP contribution >= 0.6 is 0 Å². The standard InChI is InChI=1S/C15H28N4/c1-11(2)8-9-19-12(3)17-18-15(19)14-6-4-13(10-16)5-7-14/h11,13-14H,4-10,16H2,1-3H3. The van der Waals surface area contributed by atoms with E-state index in [9.17, 15) is 0 Å². The lowest BCUT2D eigenvalue weighted by atomic mass is 9.81. The summed E-state index contributed by atoms with van der Waals surface area (Å²) in [6.07, 6.45) is 6.14. The molecule has 1 aliphatic carbocycles. The predicted molar refractivity (Wildman–Crippen MR) is 78.0 cm³/mol. The molecular weight excluding hydrogens is 236 g/mol. The van der Waals surface area contributed by atoms with E-state index in [2.05, 4.69) is 35.5 Å². The van der Waals surface area contributed by atoms with Crippen LogP contribution in [0.4, 0.5) is 0 Å². The molecule has 0 spiro atoms. The van der Waals surface area contributed by atoms with Gasteiger partial charge in [-0.15, -0.1) is 10.2 Å². The Morgan fingerprint density at radius 1 is 1.21 bits per heavy atom. The van der Waals surface area contributed by atoms with E-state index in [1.807, 2.05) is 0 Å². The third-order valence-electron chi connectivity index (χ3n) is 4.44. The predicted octanol–water partition coefficient (Wildman–Crippen LogP) is 2.87. The summed E-state index contributed by atoms with van der Waals surface area (Å²) in [5.74, 6) is 4.33. The average molecular weight is 264 g/mol. The van der Waals surface area contributed by atoms with Gasteiger partial charge in [-0.2, -0.15) is 0 Å². The maximum Gasteiger partial charge on any atom is 0.136 e. The Kier molecular flexibility index (Phi) is 4.97. The molecule has 4 nitrogen and oxygen atoms in total. The molecule has 108 valence electrons. The molecule has 0 saturated heterocycles. The van der Waals surface area contributed by atoms with Gasteiger partial charge in [-0.05, 0) is 57.4 Å². The van der Waals surface area contributed by atoms with E-state index in [1.54, 1.807) is 0 Å². The topological polar surface area (TPSA) is 56.7 Å². The zero-order valence-electron chi connectivity index (χ0n) is 12.6. The van der Waals surface area contributed by atoms with Crippen molar-refractivity contribution in [1.82, 2.24) is 14.8 Å². The van der Waals surface area contributed by atoms with Crippen LogP contribution in [-0.4, -0.2) is 21.3 Å². The smallest absolute Gasteiger partial charge is 0.136 e. The Labute approximate surface area is 116 Å². The van der Waals surface area contributed by atoms with Gasteiger partial charge in [0, 0.05) is 12.5 Å². The first-order valence-electron chi connectivity index (χ1n) is 7.71. The van der Waals surface area contributed by atoms with E-state index in [0.717, 1.165) is 30.7 Å². The average Bonchev–Trinajstić information content (AvgIpc) is 2.78. The van der Waals surface area contributed by atoms with Crippen molar-refractivity contribution in [2.24, 2.45) is 17.6 Å². The van der Waals surface area contributed by atoms with E-state index in [4.69, 9.17) is 5.73 Å². The zero-order chi connectivity index (χ0) is 13.8. The van der Waals surface area contributed by atoms with Crippen molar-refractivity contribution in [1.29, 1.82) is 0 Å². The van der Waals surface area contributed by atoms with Crippen molar-refractivity contribution in [3.05, 3.63) is 11.6 Å². The van der Waals surface area contributed by atoms with Crippen LogP contribution in [0.25, 0.3) is 0 Å². The first-order valence-corrected chi connectivity index (χ1v) is 7.71. The normalized spacial score (nSPS) is 24.1. The van der Waals surface area contributed by atoms with Crippen molar-refractivity contribution in [2.45, 2.75) is 65.3 Å². The fourth-order valence-electron chi connectivity index (χ4n) is 3.02. The van der Waals surface area contributed by atoms with Gasteiger partial charge in [0.25, 0.3) is 0 Å². The van der Waals surface area contributed by atoms with Gasteiger partial charge < -0.3 is 10.3 Å². The molecule has 0 amide bonds. The third kappa shape index (κ3) is 3.56. The molecule has 0 aromatic carbocycles. The van der Waals surface area contributed by atoms with Crippen LogP contribution in [0.3, 0.4) is 0 Å². The van der Waals surface area contributed by atoms with Gasteiger partial charge in [0.15, 0.2) is 0 Å². The highest BCUT2D eigenvalue weighted by Crippen LogP contribution is 2.34. The van der Waals surface area contributed by atoms with Crippen LogP contribution in [0.1, 0.15) is 63.5 Å². The third-order valence-corrected chi connectivity index (χ3v) is 4.44. The number of hydrogen-bond donors (Lipinski definition) is 1. The Bertz CT molecular complexity index is 389. The van der Waals surface area contributed by atoms with Gasteiger partial charge in [0.05, 0.1) is 0 Å². The molecule has 0 unspecified atom stereocenters. The lowest BCUT2D eigenvalue weighted by Gasteiger charge is -2.27. The summed E-state index contributed by atoms with van der Waals surface area (Å²) in [5, 5.41) is 8.75. The van der Waals surface area contributed by atoms with E-state index in [-0.39, 0.29) is 0 Å². The second-order valence-electron chi connectivity index (χ2n) is 6.39. The maximum atomic E-state index is 5.77. The summed E-state index contributed by atoms with van der Waals surface area (Å²) in [6, 6.07) is 0. The fraction of sp³-hybridized carbons (Fsp3) is 0.867. The molecule has 2 N–H and O–H groups in total. The highest BCUT2D eigenvalue weighted by Gasteiger charge is 2.25. The summed E-state index contributed by atoms with van der Waals surface area (Å²) in [4.78, 5) is 0. The first-order chi connectivity index (χ1) is 9.11. The van der Waals surface area contributed by atoms with Crippen molar-refractivity contribution in [3.8, 4) is 0 Å².